The predicted molar refractivity (Wildman–Crippen MR) is 73.0 cm³/mol. The van der Waals surface area contributed by atoms with Gasteiger partial charge in [0, 0.05) is 17.1 Å². The normalized spacial score (nSPS) is 17.3. The average molecular weight is 260 g/mol. The fourth-order valence-corrected chi connectivity index (χ4v) is 2.43. The minimum Gasteiger partial charge on any atom is -0.491 e. The first kappa shape index (κ1) is 11.6. The Labute approximate surface area is 112 Å². The Morgan fingerprint density at radius 3 is 2.94 bits per heavy atom. The van der Waals surface area contributed by atoms with Crippen molar-refractivity contribution in [2.24, 2.45) is 0 Å². The third-order valence-corrected chi connectivity index (χ3v) is 3.38. The number of hydrogen-bond acceptors (Lipinski definition) is 2. The van der Waals surface area contributed by atoms with Crippen molar-refractivity contribution in [3.05, 3.63) is 64.7 Å². The lowest BCUT2D eigenvalue weighted by molar-refractivity contribution is 0.310. The Morgan fingerprint density at radius 1 is 1.17 bits per heavy atom. The summed E-state index contributed by atoms with van der Waals surface area (Å²) in [4.78, 5) is 0. The van der Waals surface area contributed by atoms with E-state index in [2.05, 4.69) is 17.4 Å². The van der Waals surface area contributed by atoms with Crippen molar-refractivity contribution < 1.29 is 4.74 Å². The summed E-state index contributed by atoms with van der Waals surface area (Å²) in [7, 11) is 0. The van der Waals surface area contributed by atoms with Crippen LogP contribution in [0.3, 0.4) is 0 Å². The monoisotopic (exact) mass is 259 g/mol. The number of benzene rings is 2. The Hall–Kier alpha value is -1.51. The molecule has 0 amide bonds. The second-order valence-electron chi connectivity index (χ2n) is 4.41. The quantitative estimate of drug-likeness (QED) is 0.910. The molecular weight excluding hydrogens is 246 g/mol. The van der Waals surface area contributed by atoms with E-state index in [-0.39, 0.29) is 6.04 Å². The molecule has 1 aliphatic heterocycles. The van der Waals surface area contributed by atoms with Crippen molar-refractivity contribution in [3.63, 3.8) is 0 Å². The molecule has 92 valence electrons. The number of fused-ring (bicyclic) bond motifs is 1. The molecule has 1 heterocycles. The summed E-state index contributed by atoms with van der Waals surface area (Å²) in [6.45, 7) is 1.49. The lowest BCUT2D eigenvalue weighted by Crippen LogP contribution is -2.21. The van der Waals surface area contributed by atoms with Crippen LogP contribution in [0.5, 0.6) is 5.75 Å². The summed E-state index contributed by atoms with van der Waals surface area (Å²) in [6, 6.07) is 16.3. The number of para-hydroxylation sites is 1. The van der Waals surface area contributed by atoms with Crippen LogP contribution in [0.25, 0.3) is 0 Å². The average Bonchev–Trinajstić information content (AvgIpc) is 2.80. The van der Waals surface area contributed by atoms with Crippen LogP contribution in [0.1, 0.15) is 17.2 Å². The van der Waals surface area contributed by atoms with Gasteiger partial charge in [0.15, 0.2) is 0 Å². The molecule has 0 bridgehead atoms. The van der Waals surface area contributed by atoms with Crippen molar-refractivity contribution in [2.45, 2.75) is 12.6 Å². The first-order chi connectivity index (χ1) is 8.83. The highest BCUT2D eigenvalue weighted by Crippen LogP contribution is 2.31. The molecule has 1 N–H and O–H groups in total. The van der Waals surface area contributed by atoms with Crippen LogP contribution in [0, 0.1) is 0 Å². The van der Waals surface area contributed by atoms with Crippen LogP contribution in [-0.2, 0) is 6.54 Å². The zero-order valence-corrected chi connectivity index (χ0v) is 10.7. The maximum Gasteiger partial charge on any atom is 0.124 e. The van der Waals surface area contributed by atoms with Gasteiger partial charge < -0.3 is 10.1 Å². The first-order valence-electron chi connectivity index (χ1n) is 6.02. The van der Waals surface area contributed by atoms with Crippen molar-refractivity contribution in [2.75, 3.05) is 6.61 Å². The summed E-state index contributed by atoms with van der Waals surface area (Å²) in [5.41, 5.74) is 2.42. The van der Waals surface area contributed by atoms with E-state index >= 15 is 0 Å². The molecule has 0 aromatic heterocycles. The molecule has 18 heavy (non-hydrogen) atoms. The van der Waals surface area contributed by atoms with E-state index in [0.717, 1.165) is 17.3 Å². The van der Waals surface area contributed by atoms with Gasteiger partial charge in [-0.25, -0.2) is 0 Å². The lowest BCUT2D eigenvalue weighted by Gasteiger charge is -2.11. The Bertz CT molecular complexity index is 556. The molecule has 2 aromatic carbocycles. The predicted octanol–water partition coefficient (Wildman–Crippen LogP) is 3.56. The van der Waals surface area contributed by atoms with E-state index in [0.29, 0.717) is 6.61 Å². The molecule has 3 heteroatoms. The Balaban J connectivity index is 1.69. The van der Waals surface area contributed by atoms with Gasteiger partial charge in [-0.3, -0.25) is 0 Å². The maximum atomic E-state index is 5.97. The Kier molecular flexibility index (Phi) is 3.22. The molecule has 0 spiro atoms. The van der Waals surface area contributed by atoms with Crippen molar-refractivity contribution in [1.29, 1.82) is 0 Å². The highest BCUT2D eigenvalue weighted by molar-refractivity contribution is 6.30. The van der Waals surface area contributed by atoms with Crippen LogP contribution in [0.4, 0.5) is 0 Å². The number of halogens is 1. The van der Waals surface area contributed by atoms with E-state index in [1.807, 2.05) is 36.4 Å². The summed E-state index contributed by atoms with van der Waals surface area (Å²) in [6.07, 6.45) is 0. The van der Waals surface area contributed by atoms with Gasteiger partial charge in [0.25, 0.3) is 0 Å². The second kappa shape index (κ2) is 5.01. The first-order valence-corrected chi connectivity index (χ1v) is 6.40. The van der Waals surface area contributed by atoms with Crippen LogP contribution in [-0.4, -0.2) is 6.61 Å². The van der Waals surface area contributed by atoms with Gasteiger partial charge in [-0.2, -0.15) is 0 Å². The molecule has 1 unspecified atom stereocenters. The molecule has 3 rings (SSSR count). The van der Waals surface area contributed by atoms with Gasteiger partial charge in [-0.05, 0) is 23.8 Å². The number of ether oxygens (including phenoxy) is 1. The van der Waals surface area contributed by atoms with Crippen LogP contribution >= 0.6 is 11.6 Å². The van der Waals surface area contributed by atoms with E-state index in [4.69, 9.17) is 16.3 Å². The molecule has 0 fully saturated rings. The lowest BCUT2D eigenvalue weighted by atomic mass is 10.1. The maximum absolute atomic E-state index is 5.97. The Morgan fingerprint density at radius 2 is 2.06 bits per heavy atom. The summed E-state index contributed by atoms with van der Waals surface area (Å²) >= 11 is 5.97. The summed E-state index contributed by atoms with van der Waals surface area (Å²) < 4.78 is 5.63. The molecule has 0 radical (unpaired) electrons. The molecule has 2 aromatic rings. The van der Waals surface area contributed by atoms with Gasteiger partial charge in [-0.15, -0.1) is 0 Å². The van der Waals surface area contributed by atoms with Gasteiger partial charge in [0.1, 0.15) is 12.4 Å². The molecule has 1 atom stereocenters. The highest BCUT2D eigenvalue weighted by atomic mass is 35.5. The SMILES string of the molecule is Clc1cccc(CNC2COc3ccccc32)c1. The molecule has 0 saturated heterocycles. The van der Waals surface area contributed by atoms with Crippen LogP contribution in [0.15, 0.2) is 48.5 Å². The molecule has 0 aliphatic carbocycles. The summed E-state index contributed by atoms with van der Waals surface area (Å²) in [5, 5.41) is 4.27. The zero-order valence-electron chi connectivity index (χ0n) is 9.90. The third-order valence-electron chi connectivity index (χ3n) is 3.14. The van der Waals surface area contributed by atoms with E-state index < -0.39 is 0 Å². The fourth-order valence-electron chi connectivity index (χ4n) is 2.22. The smallest absolute Gasteiger partial charge is 0.124 e. The summed E-state index contributed by atoms with van der Waals surface area (Å²) in [5.74, 6) is 0.987. The number of hydrogen-bond donors (Lipinski definition) is 1. The second-order valence-corrected chi connectivity index (χ2v) is 4.85. The van der Waals surface area contributed by atoms with Crippen molar-refractivity contribution in [1.82, 2.24) is 5.32 Å². The van der Waals surface area contributed by atoms with Crippen molar-refractivity contribution in [3.8, 4) is 5.75 Å². The molecule has 1 aliphatic rings. The minimum atomic E-state index is 0.264. The van der Waals surface area contributed by atoms with Gasteiger partial charge in [-0.1, -0.05) is 41.9 Å². The van der Waals surface area contributed by atoms with E-state index in [1.165, 1.54) is 11.1 Å². The number of rotatable bonds is 3. The van der Waals surface area contributed by atoms with Gasteiger partial charge in [0.2, 0.25) is 0 Å². The molecular formula is C15H14ClNO. The van der Waals surface area contributed by atoms with E-state index in [1.54, 1.807) is 0 Å². The van der Waals surface area contributed by atoms with Gasteiger partial charge in [0.05, 0.1) is 6.04 Å². The largest absolute Gasteiger partial charge is 0.491 e. The standard InChI is InChI=1S/C15H14ClNO/c16-12-5-3-4-11(8-12)9-17-14-10-18-15-7-2-1-6-13(14)15/h1-8,14,17H,9-10H2. The van der Waals surface area contributed by atoms with Crippen molar-refractivity contribution >= 4 is 11.6 Å². The topological polar surface area (TPSA) is 21.3 Å². The van der Waals surface area contributed by atoms with Crippen LogP contribution < -0.4 is 10.1 Å². The van der Waals surface area contributed by atoms with Crippen LogP contribution in [0.2, 0.25) is 5.02 Å². The highest BCUT2D eigenvalue weighted by Gasteiger charge is 2.22. The third kappa shape index (κ3) is 2.35. The molecule has 0 saturated carbocycles. The fraction of sp³-hybridized carbons (Fsp3) is 0.200. The zero-order chi connectivity index (χ0) is 12.4. The number of nitrogens with one attached hydrogen (secondary N) is 1. The molecule has 2 nitrogen and oxygen atoms in total. The van der Waals surface area contributed by atoms with E-state index in [9.17, 15) is 0 Å². The van der Waals surface area contributed by atoms with Gasteiger partial charge >= 0.3 is 0 Å². The minimum absolute atomic E-state index is 0.264.